The maximum atomic E-state index is 10.7. The second-order valence-corrected chi connectivity index (χ2v) is 4.13. The molecule has 2 N–H and O–H groups in total. The van der Waals surface area contributed by atoms with Crippen LogP contribution in [0.3, 0.4) is 0 Å². The van der Waals surface area contributed by atoms with Gasteiger partial charge in [-0.05, 0) is 12.1 Å². The van der Waals surface area contributed by atoms with Gasteiger partial charge in [0.25, 0.3) is 0 Å². The maximum Gasteiger partial charge on any atom is 1.00 e. The predicted molar refractivity (Wildman–Crippen MR) is 59.6 cm³/mol. The van der Waals surface area contributed by atoms with Gasteiger partial charge < -0.3 is 11.6 Å². The number of rotatable bonds is 2. The first kappa shape index (κ1) is 13.6. The van der Waals surface area contributed by atoms with Gasteiger partial charge >= 0.3 is 35.5 Å². The third-order valence-electron chi connectivity index (χ3n) is 2.07. The maximum absolute atomic E-state index is 10.7. The molecule has 1 aromatic carbocycles. The first-order valence-electron chi connectivity index (χ1n) is 4.40. The molecular formula is C10H10NNaO3S. The number of nitrogens with zero attached hydrogens (tertiary/aromatic N) is 1. The Bertz CT molecular complexity index is 441. The topological polar surface area (TPSA) is 69.9 Å². The van der Waals surface area contributed by atoms with Crippen LogP contribution in [0, 0.1) is 0 Å². The molecule has 1 aromatic rings. The van der Waals surface area contributed by atoms with E-state index in [0.717, 1.165) is 0 Å². The predicted octanol–water partition coefficient (Wildman–Crippen LogP) is -1.54. The molecule has 1 heterocycles. The van der Waals surface area contributed by atoms with Crippen molar-refractivity contribution < 1.29 is 46.0 Å². The number of aromatic hydroxyl groups is 1. The van der Waals surface area contributed by atoms with Gasteiger partial charge in [0.05, 0.1) is 0 Å². The summed E-state index contributed by atoms with van der Waals surface area (Å²) in [7, 11) is 0. The monoisotopic (exact) mass is 247 g/mol. The molecule has 0 aromatic heterocycles. The molecule has 1 atom stereocenters. The number of carboxylic acid groups (broad SMARTS) is 1. The van der Waals surface area contributed by atoms with E-state index < -0.39 is 12.0 Å². The molecule has 4 nitrogen and oxygen atoms in total. The first-order chi connectivity index (χ1) is 7.18. The van der Waals surface area contributed by atoms with Crippen molar-refractivity contribution in [2.24, 2.45) is 4.99 Å². The molecule has 0 saturated heterocycles. The molecule has 0 aliphatic carbocycles. The fourth-order valence-electron chi connectivity index (χ4n) is 1.30. The molecule has 16 heavy (non-hydrogen) atoms. The van der Waals surface area contributed by atoms with Crippen molar-refractivity contribution in [3.63, 3.8) is 0 Å². The van der Waals surface area contributed by atoms with Crippen molar-refractivity contribution in [2.45, 2.75) is 6.04 Å². The third kappa shape index (κ3) is 2.79. The zero-order valence-electron chi connectivity index (χ0n) is 9.75. The van der Waals surface area contributed by atoms with Crippen LogP contribution in [0.15, 0.2) is 29.3 Å². The molecule has 1 aliphatic heterocycles. The minimum Gasteiger partial charge on any atom is -1.00 e. The average molecular weight is 247 g/mol. The summed E-state index contributed by atoms with van der Waals surface area (Å²) in [6.45, 7) is 0. The van der Waals surface area contributed by atoms with Gasteiger partial charge in [-0.15, -0.1) is 11.8 Å². The number of phenols is 1. The quantitative estimate of drug-likeness (QED) is 0.621. The Hall–Kier alpha value is -0.490. The van der Waals surface area contributed by atoms with Gasteiger partial charge in [0.1, 0.15) is 10.8 Å². The SMILES string of the molecule is O=C(O)C1CSC(c2ccccc2O)=N1.[H-].[Na+]. The summed E-state index contributed by atoms with van der Waals surface area (Å²) >= 11 is 1.36. The fraction of sp³-hybridized carbons (Fsp3) is 0.200. The van der Waals surface area contributed by atoms with E-state index in [1.807, 2.05) is 0 Å². The van der Waals surface area contributed by atoms with Crippen molar-refractivity contribution in [3.05, 3.63) is 29.8 Å². The Morgan fingerprint density at radius 3 is 2.75 bits per heavy atom. The zero-order chi connectivity index (χ0) is 10.8. The van der Waals surface area contributed by atoms with Crippen LogP contribution < -0.4 is 29.6 Å². The summed E-state index contributed by atoms with van der Waals surface area (Å²) in [6, 6.07) is 6.10. The number of thioether (sulfide) groups is 1. The number of para-hydroxylation sites is 1. The van der Waals surface area contributed by atoms with E-state index in [4.69, 9.17) is 5.11 Å². The van der Waals surface area contributed by atoms with Crippen LogP contribution in [0.4, 0.5) is 0 Å². The van der Waals surface area contributed by atoms with Crippen molar-refractivity contribution in [2.75, 3.05) is 5.75 Å². The van der Waals surface area contributed by atoms with E-state index in [-0.39, 0.29) is 36.7 Å². The molecule has 0 saturated carbocycles. The molecule has 6 heteroatoms. The number of hydrogen-bond donors (Lipinski definition) is 2. The standard InChI is InChI=1S/C10H9NO3S.Na.H/c12-8-4-2-1-3-6(8)9-11-7(5-15-9)10(13)14;;/h1-4,7,12H,5H2,(H,13,14);;/q;+1;-1. The van der Waals surface area contributed by atoms with Crippen LogP contribution in [0.25, 0.3) is 0 Å². The van der Waals surface area contributed by atoms with Gasteiger partial charge in [0, 0.05) is 11.3 Å². The number of aliphatic carboxylic acids is 1. The van der Waals surface area contributed by atoms with Gasteiger partial charge in [-0.25, -0.2) is 4.79 Å². The zero-order valence-corrected chi connectivity index (χ0v) is 11.6. The molecule has 1 unspecified atom stereocenters. The number of phenolic OH excluding ortho intramolecular Hbond substituents is 1. The van der Waals surface area contributed by atoms with Gasteiger partial charge in [-0.1, -0.05) is 12.1 Å². The van der Waals surface area contributed by atoms with E-state index >= 15 is 0 Å². The van der Waals surface area contributed by atoms with Crippen molar-refractivity contribution >= 4 is 22.8 Å². The van der Waals surface area contributed by atoms with E-state index in [1.165, 1.54) is 11.8 Å². The molecule has 80 valence electrons. The van der Waals surface area contributed by atoms with E-state index in [9.17, 15) is 9.90 Å². The van der Waals surface area contributed by atoms with Crippen LogP contribution in [-0.2, 0) is 4.79 Å². The Morgan fingerprint density at radius 2 is 2.19 bits per heavy atom. The van der Waals surface area contributed by atoms with Crippen LogP contribution >= 0.6 is 11.8 Å². The smallest absolute Gasteiger partial charge is 1.00 e. The van der Waals surface area contributed by atoms with Crippen LogP contribution in [0.1, 0.15) is 6.99 Å². The van der Waals surface area contributed by atoms with E-state index in [2.05, 4.69) is 4.99 Å². The second kappa shape index (κ2) is 5.72. The Kier molecular flexibility index (Phi) is 4.86. The van der Waals surface area contributed by atoms with Crippen molar-refractivity contribution in [1.29, 1.82) is 0 Å². The summed E-state index contributed by atoms with van der Waals surface area (Å²) < 4.78 is 0. The van der Waals surface area contributed by atoms with Gasteiger partial charge in [0.2, 0.25) is 0 Å². The van der Waals surface area contributed by atoms with E-state index in [0.29, 0.717) is 16.4 Å². The molecule has 2 rings (SSSR count). The van der Waals surface area contributed by atoms with Crippen molar-refractivity contribution in [3.8, 4) is 5.75 Å². The number of hydrogen-bond acceptors (Lipinski definition) is 4. The van der Waals surface area contributed by atoms with Crippen LogP contribution in [0.2, 0.25) is 0 Å². The summed E-state index contributed by atoms with van der Waals surface area (Å²) in [5, 5.41) is 18.9. The molecule has 1 aliphatic rings. The first-order valence-corrected chi connectivity index (χ1v) is 5.39. The molecular weight excluding hydrogens is 237 g/mol. The Labute approximate surface area is 121 Å². The molecule has 0 radical (unpaired) electrons. The Morgan fingerprint density at radius 1 is 1.50 bits per heavy atom. The summed E-state index contributed by atoms with van der Waals surface area (Å²) in [4.78, 5) is 14.7. The minimum atomic E-state index is -0.923. The third-order valence-corrected chi connectivity index (χ3v) is 3.15. The number of carboxylic acids is 1. The second-order valence-electron chi connectivity index (χ2n) is 3.12. The van der Waals surface area contributed by atoms with E-state index in [1.54, 1.807) is 24.3 Å². The summed E-state index contributed by atoms with van der Waals surface area (Å²) in [5.74, 6) is -0.360. The Balaban J connectivity index is 0.00000128. The normalized spacial score (nSPS) is 18.8. The van der Waals surface area contributed by atoms with Crippen LogP contribution in [0.5, 0.6) is 5.75 Å². The van der Waals surface area contributed by atoms with Gasteiger partial charge in [-0.2, -0.15) is 0 Å². The molecule has 0 amide bonds. The summed E-state index contributed by atoms with van der Waals surface area (Å²) in [6.07, 6.45) is 0. The largest absolute Gasteiger partial charge is 1.00 e. The summed E-state index contributed by atoms with van der Waals surface area (Å²) in [5.41, 5.74) is 0.603. The number of aliphatic imine (C=N–C) groups is 1. The fourth-order valence-corrected chi connectivity index (χ4v) is 2.36. The van der Waals surface area contributed by atoms with Crippen LogP contribution in [-0.4, -0.2) is 33.0 Å². The molecule has 0 bridgehead atoms. The van der Waals surface area contributed by atoms with Crippen molar-refractivity contribution in [1.82, 2.24) is 0 Å². The molecule has 0 spiro atoms. The van der Waals surface area contributed by atoms with Gasteiger partial charge in [0.15, 0.2) is 6.04 Å². The number of carbonyl (C=O) groups is 1. The average Bonchev–Trinajstić information content (AvgIpc) is 2.67. The minimum absolute atomic E-state index is 0. The molecule has 0 fully saturated rings. The van der Waals surface area contributed by atoms with Gasteiger partial charge in [-0.3, -0.25) is 4.99 Å². The number of benzene rings is 1.